The fourth-order valence-electron chi connectivity index (χ4n) is 11.1. The van der Waals surface area contributed by atoms with Crippen LogP contribution in [0.1, 0.15) is 5.56 Å². The summed E-state index contributed by atoms with van der Waals surface area (Å²) in [7, 11) is 16.3. The number of aryl methyl sites for hydroxylation is 1. The summed E-state index contributed by atoms with van der Waals surface area (Å²) < 4.78 is 11.5. The van der Waals surface area contributed by atoms with E-state index in [4.69, 9.17) is 4.42 Å². The van der Waals surface area contributed by atoms with Crippen LogP contribution in [0.5, 0.6) is 0 Å². The predicted octanol–water partition coefficient (Wildman–Crippen LogP) is 2.90. The van der Waals surface area contributed by atoms with Crippen molar-refractivity contribution in [2.24, 2.45) is 0 Å². The number of nitrogens with zero attached hydrogens (tertiary/aromatic N) is 2. The number of hydrogen-bond donors (Lipinski definition) is 0. The van der Waals surface area contributed by atoms with Crippen LogP contribution in [0.25, 0.3) is 110 Å². The summed E-state index contributed by atoms with van der Waals surface area (Å²) >= 11 is 0. The third kappa shape index (κ3) is 5.86. The molecule has 0 radical (unpaired) electrons. The Kier molecular flexibility index (Phi) is 8.91. The Balaban J connectivity index is 1.11. The van der Waals surface area contributed by atoms with Crippen LogP contribution in [0.2, 0.25) is 0 Å². The summed E-state index contributed by atoms with van der Waals surface area (Å²) in [6.45, 7) is 2.15. The summed E-state index contributed by atoms with van der Waals surface area (Å²) in [5, 5.41) is 7.43. The van der Waals surface area contributed by atoms with E-state index in [1.807, 2.05) is 6.07 Å². The summed E-state index contributed by atoms with van der Waals surface area (Å²) in [5.74, 6) is 0. The molecule has 0 unspecified atom stereocenters. The van der Waals surface area contributed by atoms with Gasteiger partial charge in [0.1, 0.15) is 66.1 Å². The first-order valence-corrected chi connectivity index (χ1v) is 22.8. The second-order valence-corrected chi connectivity index (χ2v) is 18.4. The van der Waals surface area contributed by atoms with E-state index in [2.05, 4.69) is 223 Å². The lowest BCUT2D eigenvalue weighted by atomic mass is 9.64. The fraction of sp³-hybridized carbons (Fsp3) is 0.0182. The van der Waals surface area contributed by atoms with E-state index < -0.39 is 0 Å². The topological polar surface area (TPSA) is 23.0 Å². The second kappa shape index (κ2) is 14.7. The minimum absolute atomic E-state index is 0.891. The molecule has 0 aliphatic heterocycles. The average molecular weight is 824 g/mol. The smallest absolute Gasteiger partial charge is 0.141 e. The van der Waals surface area contributed by atoms with Crippen LogP contribution < -0.4 is 38.2 Å². The molecule has 3 nitrogen and oxygen atoms in total. The van der Waals surface area contributed by atoms with Crippen molar-refractivity contribution < 1.29 is 4.42 Å². The van der Waals surface area contributed by atoms with E-state index in [1.165, 1.54) is 126 Å². The van der Waals surface area contributed by atoms with Crippen molar-refractivity contribution in [2.75, 3.05) is 0 Å². The minimum Gasteiger partial charge on any atom is -0.456 e. The normalized spacial score (nSPS) is 11.9. The largest absolute Gasteiger partial charge is 0.456 e. The van der Waals surface area contributed by atoms with Gasteiger partial charge in [0.05, 0.1) is 11.0 Å². The lowest BCUT2D eigenvalue weighted by Crippen LogP contribution is -2.48. The van der Waals surface area contributed by atoms with Crippen LogP contribution in [-0.4, -0.2) is 64.1 Å². The number of fused-ring (bicyclic) bond motifs is 9. The molecule has 0 atom stereocenters. The standard InChI is InChI=1S/C55H43B7N2O/c1-28-11-13-31(14-12-28)32-17-22-36-39-25-33(18-24-40(39)63(41(36)26-32)35-21-23-38-37-9-5-6-10-42(37)65-43(38)27-35)44-47(56)45-46-49(58)50(59)51(60)53(62)55(46)64(54(45)52(61)48(44)57)34-19-15-30(16-20-34)29-7-3-2-4-8-29/h2-27H,56-62H2,1H3. The van der Waals surface area contributed by atoms with Crippen molar-refractivity contribution in [1.29, 1.82) is 0 Å². The third-order valence-corrected chi connectivity index (χ3v) is 14.9. The monoisotopic (exact) mass is 824 g/mol. The van der Waals surface area contributed by atoms with Gasteiger partial charge >= 0.3 is 0 Å². The number of aromatic nitrogens is 2. The molecule has 0 fully saturated rings. The first kappa shape index (κ1) is 39.4. The van der Waals surface area contributed by atoms with Crippen LogP contribution >= 0.6 is 0 Å². The number of hydrogen-bond acceptors (Lipinski definition) is 1. The van der Waals surface area contributed by atoms with Gasteiger partial charge in [0.2, 0.25) is 0 Å². The molecule has 0 N–H and O–H groups in total. The first-order valence-electron chi connectivity index (χ1n) is 22.8. The van der Waals surface area contributed by atoms with Gasteiger partial charge < -0.3 is 13.6 Å². The zero-order valence-electron chi connectivity index (χ0n) is 38.3. The van der Waals surface area contributed by atoms with Crippen molar-refractivity contribution in [3.05, 3.63) is 163 Å². The van der Waals surface area contributed by atoms with Crippen molar-refractivity contribution in [3.63, 3.8) is 0 Å². The van der Waals surface area contributed by atoms with E-state index >= 15 is 0 Å². The van der Waals surface area contributed by atoms with Crippen LogP contribution in [0.3, 0.4) is 0 Å². The van der Waals surface area contributed by atoms with Gasteiger partial charge in [-0.3, -0.25) is 0 Å². The highest BCUT2D eigenvalue weighted by Gasteiger charge is 2.25. The molecule has 0 bridgehead atoms. The second-order valence-electron chi connectivity index (χ2n) is 18.4. The first-order chi connectivity index (χ1) is 31.6. The average Bonchev–Trinajstić information content (AvgIpc) is 4.00. The molecule has 300 valence electrons. The highest BCUT2D eigenvalue weighted by atomic mass is 16.3. The maximum Gasteiger partial charge on any atom is 0.141 e. The Morgan fingerprint density at radius 3 is 1.69 bits per heavy atom. The lowest BCUT2D eigenvalue weighted by Gasteiger charge is -2.19. The SMILES string of the molecule is Bc1c(B)c(B)c2c(c1B)c1c(B)c(-c3ccc4c(c3)c3ccc(-c5ccc(C)cc5)cc3n4-c3ccc4c(c3)oc3ccccc34)c(B)c(B)c1n2-c1ccc(-c2ccccc2)cc1. The molecule has 12 rings (SSSR count). The summed E-state index contributed by atoms with van der Waals surface area (Å²) in [6.07, 6.45) is 0. The molecule has 10 heteroatoms. The molecule has 0 spiro atoms. The molecule has 0 aliphatic carbocycles. The van der Waals surface area contributed by atoms with E-state index in [9.17, 15) is 0 Å². The molecule has 3 heterocycles. The summed E-state index contributed by atoms with van der Waals surface area (Å²) in [4.78, 5) is 0. The Morgan fingerprint density at radius 2 is 0.923 bits per heavy atom. The molecule has 0 saturated carbocycles. The van der Waals surface area contributed by atoms with Crippen molar-refractivity contribution >= 4 is 159 Å². The third-order valence-electron chi connectivity index (χ3n) is 14.9. The van der Waals surface area contributed by atoms with Crippen molar-refractivity contribution in [1.82, 2.24) is 9.13 Å². The maximum atomic E-state index is 6.47. The van der Waals surface area contributed by atoms with Gasteiger partial charge in [-0.15, -0.1) is 5.46 Å². The van der Waals surface area contributed by atoms with Gasteiger partial charge in [-0.05, 0) is 94.2 Å². The van der Waals surface area contributed by atoms with Gasteiger partial charge in [-0.25, -0.2) is 0 Å². The zero-order chi connectivity index (χ0) is 44.4. The molecule has 0 amide bonds. The fourth-order valence-corrected chi connectivity index (χ4v) is 11.1. The van der Waals surface area contributed by atoms with Gasteiger partial charge in [0.25, 0.3) is 0 Å². The molecule has 0 saturated heterocycles. The minimum atomic E-state index is 0.891. The number of rotatable bonds is 5. The summed E-state index contributed by atoms with van der Waals surface area (Å²) in [6, 6.07) is 57.8. The van der Waals surface area contributed by atoms with Crippen LogP contribution in [0.4, 0.5) is 0 Å². The van der Waals surface area contributed by atoms with E-state index in [0.29, 0.717) is 0 Å². The highest BCUT2D eigenvalue weighted by Crippen LogP contribution is 2.39. The van der Waals surface area contributed by atoms with Crippen LogP contribution in [0.15, 0.2) is 162 Å². The Morgan fingerprint density at radius 1 is 0.354 bits per heavy atom. The van der Waals surface area contributed by atoms with E-state index in [-0.39, 0.29) is 0 Å². The molecular weight excluding hydrogens is 780 g/mol. The van der Waals surface area contributed by atoms with Crippen molar-refractivity contribution in [3.8, 4) is 44.8 Å². The van der Waals surface area contributed by atoms with Crippen LogP contribution in [0, 0.1) is 6.92 Å². The Labute approximate surface area is 385 Å². The van der Waals surface area contributed by atoms with Crippen molar-refractivity contribution in [2.45, 2.75) is 6.92 Å². The quantitative estimate of drug-likeness (QED) is 0.245. The summed E-state index contributed by atoms with van der Waals surface area (Å²) in [5.41, 5.74) is 27.0. The molecular formula is C55H43B7N2O. The molecule has 12 aromatic rings. The number of para-hydroxylation sites is 1. The van der Waals surface area contributed by atoms with E-state index in [0.717, 1.165) is 27.6 Å². The lowest BCUT2D eigenvalue weighted by molar-refractivity contribution is 0.668. The molecule has 3 aromatic heterocycles. The molecule has 65 heavy (non-hydrogen) atoms. The predicted molar refractivity (Wildman–Crippen MR) is 301 cm³/mol. The Bertz CT molecular complexity index is 3960. The highest BCUT2D eigenvalue weighted by molar-refractivity contribution is 6.69. The van der Waals surface area contributed by atoms with Gasteiger partial charge in [-0.1, -0.05) is 141 Å². The van der Waals surface area contributed by atoms with Gasteiger partial charge in [-0.2, -0.15) is 0 Å². The molecule has 0 aliphatic rings. The maximum absolute atomic E-state index is 6.47. The zero-order valence-corrected chi connectivity index (χ0v) is 38.3. The molecule has 9 aromatic carbocycles. The number of benzene rings is 9. The van der Waals surface area contributed by atoms with Gasteiger partial charge in [0, 0.05) is 55.4 Å². The number of furan rings is 1. The van der Waals surface area contributed by atoms with E-state index in [1.54, 1.807) is 0 Å². The van der Waals surface area contributed by atoms with Crippen LogP contribution in [-0.2, 0) is 0 Å². The van der Waals surface area contributed by atoms with Gasteiger partial charge in [0.15, 0.2) is 0 Å². The Hall–Kier alpha value is -7.17.